The number of alkyl halides is 3. The molecule has 0 bridgehead atoms. The maximum Gasteiger partial charge on any atom is 0.573 e. The summed E-state index contributed by atoms with van der Waals surface area (Å²) in [7, 11) is 0. The highest BCUT2D eigenvalue weighted by molar-refractivity contribution is 5.33. The lowest BCUT2D eigenvalue weighted by atomic mass is 10.1. The molecule has 1 heterocycles. The Labute approximate surface area is 96.5 Å². The van der Waals surface area contributed by atoms with Gasteiger partial charge in [-0.3, -0.25) is 0 Å². The first-order valence-electron chi connectivity index (χ1n) is 5.15. The Balaban J connectivity index is 1.91. The van der Waals surface area contributed by atoms with E-state index in [0.29, 0.717) is 18.3 Å². The first kappa shape index (κ1) is 12.0. The first-order chi connectivity index (χ1) is 8.03. The average Bonchev–Trinajstić information content (AvgIpc) is 2.13. The Kier molecular flexibility index (Phi) is 3.42. The second-order valence-electron chi connectivity index (χ2n) is 3.79. The number of nitrogens with zero attached hydrogens (tertiary/aromatic N) is 1. The summed E-state index contributed by atoms with van der Waals surface area (Å²) in [4.78, 5) is 0. The summed E-state index contributed by atoms with van der Waals surface area (Å²) in [5.41, 5.74) is 0. The van der Waals surface area contributed by atoms with E-state index in [1.165, 1.54) is 18.2 Å². The van der Waals surface area contributed by atoms with Gasteiger partial charge in [0.25, 0.3) is 0 Å². The molecule has 0 unspecified atom stereocenters. The minimum absolute atomic E-state index is 0.270. The molecule has 1 radical (unpaired) electrons. The van der Waals surface area contributed by atoms with Crippen LogP contribution in [0.4, 0.5) is 13.2 Å². The van der Waals surface area contributed by atoms with Crippen molar-refractivity contribution < 1.29 is 22.6 Å². The fourth-order valence-electron chi connectivity index (χ4n) is 1.39. The fraction of sp³-hybridized carbons (Fsp3) is 0.455. The Morgan fingerprint density at radius 1 is 1.24 bits per heavy atom. The number of ether oxygens (including phenoxy) is 2. The van der Waals surface area contributed by atoms with Crippen molar-refractivity contribution >= 4 is 0 Å². The molecule has 17 heavy (non-hydrogen) atoms. The highest BCUT2D eigenvalue weighted by Gasteiger charge is 2.31. The molecule has 0 spiro atoms. The summed E-state index contributed by atoms with van der Waals surface area (Å²) >= 11 is 0. The van der Waals surface area contributed by atoms with Gasteiger partial charge < -0.3 is 9.47 Å². The van der Waals surface area contributed by atoms with Crippen molar-refractivity contribution in [1.82, 2.24) is 5.32 Å². The molecule has 1 aromatic rings. The summed E-state index contributed by atoms with van der Waals surface area (Å²) in [5.74, 6) is 0.481. The first-order valence-corrected chi connectivity index (χ1v) is 5.15. The SMILES string of the molecule is FC(F)(F)Oc1cccc(OCC2C[N]C2)c1. The summed E-state index contributed by atoms with van der Waals surface area (Å²) in [6.07, 6.45) is -4.68. The summed E-state index contributed by atoms with van der Waals surface area (Å²) < 4.78 is 45.1. The zero-order chi connectivity index (χ0) is 12.3. The van der Waals surface area contributed by atoms with Crippen molar-refractivity contribution in [3.05, 3.63) is 24.3 Å². The van der Waals surface area contributed by atoms with Crippen LogP contribution in [0.1, 0.15) is 0 Å². The van der Waals surface area contributed by atoms with Crippen LogP contribution in [0.2, 0.25) is 0 Å². The largest absolute Gasteiger partial charge is 0.573 e. The van der Waals surface area contributed by atoms with Gasteiger partial charge in [-0.05, 0) is 12.1 Å². The lowest BCUT2D eigenvalue weighted by Crippen LogP contribution is -2.39. The van der Waals surface area contributed by atoms with Crippen molar-refractivity contribution in [1.29, 1.82) is 0 Å². The molecule has 0 atom stereocenters. The van der Waals surface area contributed by atoms with E-state index >= 15 is 0 Å². The standard InChI is InChI=1S/C11H11F3NO2/c12-11(13,14)17-10-3-1-2-9(4-10)16-7-8-5-15-6-8/h1-4,8H,5-7H2. The van der Waals surface area contributed by atoms with Crippen LogP contribution in [0, 0.1) is 5.92 Å². The molecule has 1 saturated heterocycles. The predicted octanol–water partition coefficient (Wildman–Crippen LogP) is 2.20. The Hall–Kier alpha value is -1.43. The van der Waals surface area contributed by atoms with Gasteiger partial charge in [0.2, 0.25) is 0 Å². The monoisotopic (exact) mass is 246 g/mol. The maximum absolute atomic E-state index is 12.0. The molecular formula is C11H11F3NO2. The number of hydrogen-bond donors (Lipinski definition) is 0. The van der Waals surface area contributed by atoms with Gasteiger partial charge in [-0.1, -0.05) is 6.07 Å². The number of rotatable bonds is 4. The second-order valence-corrected chi connectivity index (χ2v) is 3.79. The average molecular weight is 246 g/mol. The van der Waals surface area contributed by atoms with Gasteiger partial charge in [0, 0.05) is 25.1 Å². The van der Waals surface area contributed by atoms with Gasteiger partial charge in [0.15, 0.2) is 0 Å². The molecule has 0 amide bonds. The highest BCUT2D eigenvalue weighted by atomic mass is 19.4. The van der Waals surface area contributed by atoms with Gasteiger partial charge in [0.1, 0.15) is 11.5 Å². The van der Waals surface area contributed by atoms with Crippen LogP contribution in [0.5, 0.6) is 11.5 Å². The smallest absolute Gasteiger partial charge is 0.493 e. The normalized spacial score (nSPS) is 16.4. The lowest BCUT2D eigenvalue weighted by molar-refractivity contribution is -0.274. The van der Waals surface area contributed by atoms with Crippen LogP contribution in [-0.4, -0.2) is 26.1 Å². The van der Waals surface area contributed by atoms with Gasteiger partial charge in [-0.2, -0.15) is 0 Å². The Bertz CT molecular complexity index is 377. The van der Waals surface area contributed by atoms with E-state index in [2.05, 4.69) is 10.1 Å². The molecule has 6 heteroatoms. The molecule has 1 fully saturated rings. The molecule has 0 N–H and O–H groups in total. The van der Waals surface area contributed by atoms with Crippen molar-refractivity contribution in [3.63, 3.8) is 0 Å². The topological polar surface area (TPSA) is 32.6 Å². The van der Waals surface area contributed by atoms with Crippen LogP contribution in [0.15, 0.2) is 24.3 Å². The molecule has 93 valence electrons. The van der Waals surface area contributed by atoms with Gasteiger partial charge in [-0.15, -0.1) is 13.2 Å². The van der Waals surface area contributed by atoms with Crippen molar-refractivity contribution in [2.45, 2.75) is 6.36 Å². The molecule has 0 saturated carbocycles. The quantitative estimate of drug-likeness (QED) is 0.815. The zero-order valence-corrected chi connectivity index (χ0v) is 8.91. The van der Waals surface area contributed by atoms with Crippen molar-refractivity contribution in [2.75, 3.05) is 19.7 Å². The zero-order valence-electron chi connectivity index (χ0n) is 8.91. The Morgan fingerprint density at radius 2 is 1.94 bits per heavy atom. The van der Waals surface area contributed by atoms with E-state index < -0.39 is 6.36 Å². The number of halogens is 3. The van der Waals surface area contributed by atoms with E-state index in [0.717, 1.165) is 13.1 Å². The van der Waals surface area contributed by atoms with Crippen LogP contribution in [-0.2, 0) is 0 Å². The Morgan fingerprint density at radius 3 is 2.53 bits per heavy atom. The molecule has 0 aliphatic carbocycles. The molecule has 1 aromatic carbocycles. The van der Waals surface area contributed by atoms with Gasteiger partial charge in [-0.25, -0.2) is 5.32 Å². The van der Waals surface area contributed by atoms with Crippen LogP contribution < -0.4 is 14.8 Å². The molecule has 2 rings (SSSR count). The summed E-state index contributed by atoms with van der Waals surface area (Å²) in [6, 6.07) is 5.52. The van der Waals surface area contributed by atoms with Crippen LogP contribution in [0.25, 0.3) is 0 Å². The summed E-state index contributed by atoms with van der Waals surface area (Å²) in [6.45, 7) is 2.00. The lowest BCUT2D eigenvalue weighted by Gasteiger charge is -2.24. The van der Waals surface area contributed by atoms with E-state index in [4.69, 9.17) is 4.74 Å². The van der Waals surface area contributed by atoms with E-state index in [-0.39, 0.29) is 5.75 Å². The van der Waals surface area contributed by atoms with E-state index in [1.807, 2.05) is 0 Å². The second kappa shape index (κ2) is 4.83. The molecule has 0 aromatic heterocycles. The van der Waals surface area contributed by atoms with Crippen molar-refractivity contribution in [3.8, 4) is 11.5 Å². The third-order valence-electron chi connectivity index (χ3n) is 2.30. The van der Waals surface area contributed by atoms with Crippen LogP contribution in [0.3, 0.4) is 0 Å². The minimum Gasteiger partial charge on any atom is -0.493 e. The third-order valence-corrected chi connectivity index (χ3v) is 2.30. The molecule has 1 aliphatic rings. The van der Waals surface area contributed by atoms with Crippen molar-refractivity contribution in [2.24, 2.45) is 5.92 Å². The van der Waals surface area contributed by atoms with Crippen LogP contribution >= 0.6 is 0 Å². The van der Waals surface area contributed by atoms with Gasteiger partial charge in [0.05, 0.1) is 6.61 Å². The fourth-order valence-corrected chi connectivity index (χ4v) is 1.39. The minimum atomic E-state index is -4.68. The summed E-state index contributed by atoms with van der Waals surface area (Å²) in [5, 5.41) is 4.02. The number of benzene rings is 1. The number of hydrogen-bond acceptors (Lipinski definition) is 2. The molecule has 1 aliphatic heterocycles. The molecular weight excluding hydrogens is 235 g/mol. The van der Waals surface area contributed by atoms with E-state index in [1.54, 1.807) is 6.07 Å². The predicted molar refractivity (Wildman–Crippen MR) is 54.0 cm³/mol. The van der Waals surface area contributed by atoms with Gasteiger partial charge >= 0.3 is 6.36 Å². The van der Waals surface area contributed by atoms with E-state index in [9.17, 15) is 13.2 Å². The highest BCUT2D eigenvalue weighted by Crippen LogP contribution is 2.26. The molecule has 3 nitrogen and oxygen atoms in total. The maximum atomic E-state index is 12.0. The third kappa shape index (κ3) is 3.81.